The summed E-state index contributed by atoms with van der Waals surface area (Å²) in [5, 5.41) is 17.5. The van der Waals surface area contributed by atoms with Crippen LogP contribution in [0, 0.1) is 11.3 Å². The topological polar surface area (TPSA) is 104 Å². The number of nitrogens with two attached hydrogens (primary N) is 1. The highest BCUT2D eigenvalue weighted by molar-refractivity contribution is 7.21. The molecule has 0 aromatic carbocycles. The second-order valence-corrected chi connectivity index (χ2v) is 10.1. The van der Waals surface area contributed by atoms with E-state index in [9.17, 15) is 5.11 Å². The van der Waals surface area contributed by atoms with Crippen LogP contribution in [0.5, 0.6) is 0 Å². The van der Waals surface area contributed by atoms with Crippen molar-refractivity contribution in [2.75, 3.05) is 5.73 Å². The maximum atomic E-state index is 12.8. The Morgan fingerprint density at radius 2 is 2.23 bits per heavy atom. The van der Waals surface area contributed by atoms with Crippen LogP contribution in [0.25, 0.3) is 10.2 Å². The lowest BCUT2D eigenvalue weighted by Gasteiger charge is -2.36. The number of thiophene rings is 1. The van der Waals surface area contributed by atoms with Gasteiger partial charge in [-0.05, 0) is 60.8 Å². The standard InChI is InChI=1S/C22H29N5O2S/c1-6-22(4,5)14-7-8-16-13(9-14)10-15-18(23)19(30-21(15)24-16)20(28)25-17-11-27(12(2)3)26-29-17/h10-12,14H,6-9H2,1-5H3,(H2-,23,25,26,28). The molecule has 1 atom stereocenters. The second kappa shape index (κ2) is 7.65. The summed E-state index contributed by atoms with van der Waals surface area (Å²) in [7, 11) is 0. The molecule has 7 nitrogen and oxygen atoms in total. The van der Waals surface area contributed by atoms with E-state index < -0.39 is 5.90 Å². The Labute approximate surface area is 180 Å². The first kappa shape index (κ1) is 20.8. The maximum absolute atomic E-state index is 12.8. The maximum Gasteiger partial charge on any atom is 0.320 e. The average Bonchev–Trinajstić information content (AvgIpc) is 3.31. The molecule has 0 saturated heterocycles. The summed E-state index contributed by atoms with van der Waals surface area (Å²) < 4.78 is 6.76. The van der Waals surface area contributed by atoms with Crippen molar-refractivity contribution in [2.45, 2.75) is 66.3 Å². The molecule has 2 N–H and O–H groups in total. The molecule has 0 bridgehead atoms. The molecule has 0 saturated carbocycles. The lowest BCUT2D eigenvalue weighted by molar-refractivity contribution is -0.779. The van der Waals surface area contributed by atoms with Crippen molar-refractivity contribution in [3.05, 3.63) is 28.4 Å². The number of anilines is 1. The van der Waals surface area contributed by atoms with Gasteiger partial charge in [-0.3, -0.25) is 4.52 Å². The van der Waals surface area contributed by atoms with Crippen molar-refractivity contribution in [1.29, 1.82) is 0 Å². The van der Waals surface area contributed by atoms with Crippen LogP contribution in [0.4, 0.5) is 11.6 Å². The first-order chi connectivity index (χ1) is 14.2. The molecule has 1 unspecified atom stereocenters. The van der Waals surface area contributed by atoms with Crippen LogP contribution in [0.2, 0.25) is 0 Å². The molecule has 4 rings (SSSR count). The van der Waals surface area contributed by atoms with Crippen LogP contribution in [-0.4, -0.2) is 16.2 Å². The van der Waals surface area contributed by atoms with Crippen LogP contribution in [0.15, 0.2) is 21.8 Å². The van der Waals surface area contributed by atoms with Gasteiger partial charge in [-0.2, -0.15) is 0 Å². The van der Waals surface area contributed by atoms with E-state index in [1.54, 1.807) is 10.9 Å². The summed E-state index contributed by atoms with van der Waals surface area (Å²) in [6.45, 7) is 10.9. The second-order valence-electron chi connectivity index (χ2n) is 9.10. The van der Waals surface area contributed by atoms with E-state index in [1.807, 2.05) is 13.8 Å². The van der Waals surface area contributed by atoms with Gasteiger partial charge in [0.2, 0.25) is 5.27 Å². The van der Waals surface area contributed by atoms with E-state index in [0.717, 1.165) is 41.6 Å². The number of aliphatic imine (C=N–C) groups is 1. The zero-order valence-corrected chi connectivity index (χ0v) is 19.0. The number of fused-ring (bicyclic) bond motifs is 2. The van der Waals surface area contributed by atoms with Gasteiger partial charge >= 0.3 is 5.88 Å². The smallest absolute Gasteiger partial charge is 0.320 e. The Bertz CT molecular complexity index is 1110. The average molecular weight is 428 g/mol. The van der Waals surface area contributed by atoms with Crippen molar-refractivity contribution in [3.8, 4) is 0 Å². The highest BCUT2D eigenvalue weighted by atomic mass is 32.1. The molecule has 160 valence electrons. The zero-order chi connectivity index (χ0) is 21.6. The highest BCUT2D eigenvalue weighted by Crippen LogP contribution is 2.42. The molecule has 1 aliphatic rings. The minimum atomic E-state index is -0.425. The van der Waals surface area contributed by atoms with Crippen LogP contribution >= 0.6 is 11.3 Å². The van der Waals surface area contributed by atoms with E-state index in [0.29, 0.717) is 21.9 Å². The summed E-state index contributed by atoms with van der Waals surface area (Å²) in [5.41, 5.74) is 9.51. The van der Waals surface area contributed by atoms with Crippen molar-refractivity contribution >= 4 is 39.0 Å². The van der Waals surface area contributed by atoms with Gasteiger partial charge in [-0.1, -0.05) is 27.2 Å². The number of aryl methyl sites for hydroxylation is 1. The monoisotopic (exact) mass is 427 g/mol. The summed E-state index contributed by atoms with van der Waals surface area (Å²) >= 11 is 1.30. The van der Waals surface area contributed by atoms with Crippen LogP contribution in [-0.2, 0) is 12.8 Å². The number of hydrogen-bond acceptors (Lipinski definition) is 7. The molecule has 1 aliphatic carbocycles. The summed E-state index contributed by atoms with van der Waals surface area (Å²) in [6, 6.07) is 2.26. The quantitative estimate of drug-likeness (QED) is 0.380. The Morgan fingerprint density at radius 1 is 1.47 bits per heavy atom. The minimum Gasteiger partial charge on any atom is -0.857 e. The van der Waals surface area contributed by atoms with Gasteiger partial charge in [0.1, 0.15) is 4.83 Å². The van der Waals surface area contributed by atoms with Gasteiger partial charge in [0.15, 0.2) is 6.04 Å². The molecule has 0 spiro atoms. The van der Waals surface area contributed by atoms with Crippen molar-refractivity contribution in [2.24, 2.45) is 16.3 Å². The van der Waals surface area contributed by atoms with Gasteiger partial charge in [0.25, 0.3) is 6.20 Å². The predicted octanol–water partition coefficient (Wildman–Crippen LogP) is 3.71. The molecule has 0 radical (unpaired) electrons. The Kier molecular flexibility index (Phi) is 5.30. The molecule has 3 aromatic heterocycles. The number of nitrogen functional groups attached to an aromatic ring is 1. The summed E-state index contributed by atoms with van der Waals surface area (Å²) in [4.78, 5) is 10.1. The lowest BCUT2D eigenvalue weighted by atomic mass is 9.69. The molecular weight excluding hydrogens is 398 g/mol. The van der Waals surface area contributed by atoms with Gasteiger partial charge in [-0.15, -0.1) is 11.3 Å². The molecule has 3 heterocycles. The third kappa shape index (κ3) is 3.69. The van der Waals surface area contributed by atoms with Crippen LogP contribution in [0.1, 0.15) is 69.6 Å². The fraction of sp³-hybridized carbons (Fsp3) is 0.545. The lowest BCUT2D eigenvalue weighted by Crippen LogP contribution is -2.36. The van der Waals surface area contributed by atoms with E-state index in [4.69, 9.17) is 15.2 Å². The van der Waals surface area contributed by atoms with E-state index in [1.165, 1.54) is 16.9 Å². The molecule has 8 heteroatoms. The van der Waals surface area contributed by atoms with E-state index >= 15 is 0 Å². The van der Waals surface area contributed by atoms with Gasteiger partial charge in [0.05, 0.1) is 10.6 Å². The zero-order valence-electron chi connectivity index (χ0n) is 18.2. The highest BCUT2D eigenvalue weighted by Gasteiger charge is 2.32. The predicted molar refractivity (Wildman–Crippen MR) is 117 cm³/mol. The van der Waals surface area contributed by atoms with Gasteiger partial charge in [0, 0.05) is 17.0 Å². The summed E-state index contributed by atoms with van der Waals surface area (Å²) in [5.74, 6) is 0.372. The Morgan fingerprint density at radius 3 is 2.90 bits per heavy atom. The molecular formula is C22H29N5O2S. The van der Waals surface area contributed by atoms with Gasteiger partial charge in [-0.25, -0.2) is 9.98 Å². The number of nitrogens with zero attached hydrogens (tertiary/aromatic N) is 4. The SMILES string of the molecule is CCC(C)(C)C1CCc2nc3sc(/C([O-])=N/c4c[n+](C(C)C)no4)c(N)c3cc2C1. The third-order valence-corrected chi connectivity index (χ3v) is 7.61. The first-order valence-electron chi connectivity index (χ1n) is 10.5. The van der Waals surface area contributed by atoms with E-state index in [-0.39, 0.29) is 11.9 Å². The molecule has 0 amide bonds. The number of pyridine rings is 1. The number of rotatable bonds is 5. The number of aromatic nitrogens is 3. The first-order valence-corrected chi connectivity index (χ1v) is 11.4. The molecule has 30 heavy (non-hydrogen) atoms. The molecule has 0 fully saturated rings. The normalized spacial score (nSPS) is 17.7. The third-order valence-electron chi connectivity index (χ3n) is 6.51. The molecule has 3 aromatic rings. The molecule has 0 aliphatic heterocycles. The van der Waals surface area contributed by atoms with E-state index in [2.05, 4.69) is 37.1 Å². The minimum absolute atomic E-state index is 0.124. The fourth-order valence-corrected chi connectivity index (χ4v) is 4.98. The Hall–Kier alpha value is -2.48. The number of hydrogen-bond donors (Lipinski definition) is 1. The van der Waals surface area contributed by atoms with Gasteiger partial charge < -0.3 is 10.8 Å². The fourth-order valence-electron chi connectivity index (χ4n) is 4.00. The van der Waals surface area contributed by atoms with Crippen LogP contribution in [0.3, 0.4) is 0 Å². The Balaban J connectivity index is 1.68. The van der Waals surface area contributed by atoms with Crippen LogP contribution < -0.4 is 15.5 Å². The largest absolute Gasteiger partial charge is 0.857 e. The van der Waals surface area contributed by atoms with Crippen molar-refractivity contribution in [1.82, 2.24) is 10.3 Å². The van der Waals surface area contributed by atoms with Crippen molar-refractivity contribution in [3.63, 3.8) is 0 Å². The van der Waals surface area contributed by atoms with Crippen molar-refractivity contribution < 1.29 is 14.3 Å². The summed E-state index contributed by atoms with van der Waals surface area (Å²) in [6.07, 6.45) is 5.89.